The summed E-state index contributed by atoms with van der Waals surface area (Å²) < 4.78 is 22.1. The molecule has 0 radical (unpaired) electrons. The number of pyridine rings is 3. The molecule has 2 N–H and O–H groups in total. The topological polar surface area (TPSA) is 102 Å². The number of fused-ring (bicyclic) bond motifs is 3. The van der Waals surface area contributed by atoms with Crippen LogP contribution in [0.25, 0.3) is 32.9 Å². The van der Waals surface area contributed by atoms with Crippen molar-refractivity contribution in [3.8, 4) is 40.0 Å². The lowest BCUT2D eigenvalue weighted by atomic mass is 10.0. The largest absolute Gasteiger partial charge is 0.497 e. The van der Waals surface area contributed by atoms with Gasteiger partial charge in [-0.15, -0.1) is 0 Å². The molecule has 0 bridgehead atoms. The van der Waals surface area contributed by atoms with Gasteiger partial charge in [-0.25, -0.2) is 4.98 Å². The van der Waals surface area contributed by atoms with Crippen molar-refractivity contribution in [1.29, 1.82) is 0 Å². The van der Waals surface area contributed by atoms with E-state index in [1.165, 1.54) is 0 Å². The molecule has 5 aromatic rings. The number of methoxy groups -OCH3 is 3. The van der Waals surface area contributed by atoms with Gasteiger partial charge in [0.1, 0.15) is 23.1 Å². The molecule has 8 heteroatoms. The van der Waals surface area contributed by atoms with Crippen LogP contribution in [0.3, 0.4) is 0 Å². The molecule has 0 spiro atoms. The smallest absolute Gasteiger partial charge is 0.162 e. The maximum absolute atomic E-state index is 6.33. The van der Waals surface area contributed by atoms with Crippen molar-refractivity contribution in [3.05, 3.63) is 67.1 Å². The Labute approximate surface area is 195 Å². The normalized spacial score (nSPS) is 10.9. The van der Waals surface area contributed by atoms with E-state index < -0.39 is 0 Å². The monoisotopic (exact) mass is 454 g/mol. The Morgan fingerprint density at radius 3 is 2.15 bits per heavy atom. The van der Waals surface area contributed by atoms with Crippen LogP contribution in [-0.2, 0) is 0 Å². The second kappa shape index (κ2) is 8.74. The van der Waals surface area contributed by atoms with Crippen molar-refractivity contribution in [2.45, 2.75) is 0 Å². The van der Waals surface area contributed by atoms with Crippen LogP contribution in [0.2, 0.25) is 0 Å². The second-order valence-electron chi connectivity index (χ2n) is 7.52. The zero-order chi connectivity index (χ0) is 23.7. The van der Waals surface area contributed by atoms with Gasteiger partial charge in [-0.3, -0.25) is 9.97 Å². The van der Waals surface area contributed by atoms with E-state index in [1.807, 2.05) is 48.5 Å². The molecule has 0 unspecified atom stereocenters. The highest BCUT2D eigenvalue weighted by Crippen LogP contribution is 2.37. The molecule has 0 amide bonds. The van der Waals surface area contributed by atoms with Gasteiger partial charge >= 0.3 is 0 Å². The lowest BCUT2D eigenvalue weighted by Gasteiger charge is -2.12. The van der Waals surface area contributed by atoms with Gasteiger partial charge in [0, 0.05) is 34.8 Å². The van der Waals surface area contributed by atoms with Crippen LogP contribution in [0, 0.1) is 0 Å². The molecule has 0 saturated carbocycles. The van der Waals surface area contributed by atoms with Crippen LogP contribution in [0.15, 0.2) is 67.1 Å². The van der Waals surface area contributed by atoms with Crippen LogP contribution in [0.4, 0.5) is 5.82 Å². The predicted octanol–water partition coefficient (Wildman–Crippen LogP) is 5.25. The molecule has 34 heavy (non-hydrogen) atoms. The van der Waals surface area contributed by atoms with E-state index in [1.54, 1.807) is 39.9 Å². The Hall–Kier alpha value is -4.59. The second-order valence-corrected chi connectivity index (χ2v) is 7.52. The highest BCUT2D eigenvalue weighted by atomic mass is 16.5. The third-order valence-electron chi connectivity index (χ3n) is 5.52. The van der Waals surface area contributed by atoms with Gasteiger partial charge in [0.2, 0.25) is 0 Å². The highest BCUT2D eigenvalue weighted by Gasteiger charge is 2.14. The van der Waals surface area contributed by atoms with Crippen molar-refractivity contribution in [2.75, 3.05) is 27.1 Å². The van der Waals surface area contributed by atoms with Crippen LogP contribution in [-0.4, -0.2) is 36.3 Å². The van der Waals surface area contributed by atoms with E-state index in [2.05, 4.69) is 15.0 Å². The number of rotatable bonds is 6. The third-order valence-corrected chi connectivity index (χ3v) is 5.52. The maximum atomic E-state index is 6.33. The number of hydrogen-bond acceptors (Lipinski definition) is 8. The molecule has 8 nitrogen and oxygen atoms in total. The summed E-state index contributed by atoms with van der Waals surface area (Å²) in [4.78, 5) is 13.5. The van der Waals surface area contributed by atoms with Gasteiger partial charge in [-0.1, -0.05) is 0 Å². The van der Waals surface area contributed by atoms with Crippen LogP contribution in [0.5, 0.6) is 28.7 Å². The van der Waals surface area contributed by atoms with E-state index in [4.69, 9.17) is 24.7 Å². The fourth-order valence-corrected chi connectivity index (χ4v) is 3.80. The SMILES string of the molecule is COc1ccc(Oc2cncc(-c3cc4c(cnc5cc(OC)c(OC)cc54)c(N)n3)c2)cc1. The Morgan fingerprint density at radius 1 is 0.676 bits per heavy atom. The summed E-state index contributed by atoms with van der Waals surface area (Å²) in [6, 6.07) is 14.9. The first-order valence-electron chi connectivity index (χ1n) is 10.5. The average Bonchev–Trinajstić information content (AvgIpc) is 2.88. The molecule has 0 aliphatic carbocycles. The fourth-order valence-electron chi connectivity index (χ4n) is 3.80. The van der Waals surface area contributed by atoms with E-state index in [0.717, 1.165) is 33.0 Å². The molecule has 3 aromatic heterocycles. The van der Waals surface area contributed by atoms with E-state index in [-0.39, 0.29) is 0 Å². The molecule has 0 saturated heterocycles. The zero-order valence-corrected chi connectivity index (χ0v) is 18.9. The molecule has 170 valence electrons. The number of benzene rings is 2. The van der Waals surface area contributed by atoms with Crippen LogP contribution >= 0.6 is 0 Å². The van der Waals surface area contributed by atoms with Crippen LogP contribution < -0.4 is 24.7 Å². The molecule has 0 aliphatic heterocycles. The summed E-state index contributed by atoms with van der Waals surface area (Å²) in [5, 5.41) is 2.53. The number of hydrogen-bond donors (Lipinski definition) is 1. The first-order valence-corrected chi connectivity index (χ1v) is 10.5. The number of anilines is 1. The van der Waals surface area contributed by atoms with Crippen molar-refractivity contribution in [1.82, 2.24) is 15.0 Å². The van der Waals surface area contributed by atoms with Gasteiger partial charge in [0.25, 0.3) is 0 Å². The summed E-state index contributed by atoms with van der Waals surface area (Å²) >= 11 is 0. The van der Waals surface area contributed by atoms with Gasteiger partial charge in [0.15, 0.2) is 11.5 Å². The minimum absolute atomic E-state index is 0.373. The minimum atomic E-state index is 0.373. The summed E-state index contributed by atoms with van der Waals surface area (Å²) in [6.07, 6.45) is 5.09. The summed E-state index contributed by atoms with van der Waals surface area (Å²) in [5.41, 5.74) is 8.53. The summed E-state index contributed by atoms with van der Waals surface area (Å²) in [5.74, 6) is 3.59. The van der Waals surface area contributed by atoms with Gasteiger partial charge < -0.3 is 24.7 Å². The maximum Gasteiger partial charge on any atom is 0.162 e. The van der Waals surface area contributed by atoms with E-state index in [9.17, 15) is 0 Å². The Bertz CT molecular complexity index is 1500. The molecule has 5 rings (SSSR count). The molecule has 0 fully saturated rings. The number of nitrogens with zero attached hydrogens (tertiary/aromatic N) is 3. The van der Waals surface area contributed by atoms with E-state index >= 15 is 0 Å². The number of aromatic nitrogens is 3. The fraction of sp³-hybridized carbons (Fsp3) is 0.115. The Morgan fingerprint density at radius 2 is 1.41 bits per heavy atom. The zero-order valence-electron chi connectivity index (χ0n) is 18.9. The van der Waals surface area contributed by atoms with Crippen LogP contribution in [0.1, 0.15) is 0 Å². The summed E-state index contributed by atoms with van der Waals surface area (Å²) in [7, 11) is 4.82. The van der Waals surface area contributed by atoms with Gasteiger partial charge in [-0.2, -0.15) is 0 Å². The van der Waals surface area contributed by atoms with Crippen molar-refractivity contribution >= 4 is 27.5 Å². The van der Waals surface area contributed by atoms with Crippen molar-refractivity contribution in [3.63, 3.8) is 0 Å². The molecule has 0 atom stereocenters. The lowest BCUT2D eigenvalue weighted by Crippen LogP contribution is -1.97. The Balaban J connectivity index is 1.59. The molecular weight excluding hydrogens is 432 g/mol. The van der Waals surface area contributed by atoms with Crippen molar-refractivity contribution in [2.24, 2.45) is 0 Å². The molecule has 2 aromatic carbocycles. The average molecular weight is 454 g/mol. The quantitative estimate of drug-likeness (QED) is 0.347. The summed E-state index contributed by atoms with van der Waals surface area (Å²) in [6.45, 7) is 0. The van der Waals surface area contributed by atoms with E-state index in [0.29, 0.717) is 34.5 Å². The first kappa shape index (κ1) is 21.3. The third kappa shape index (κ3) is 3.86. The number of ether oxygens (including phenoxy) is 4. The lowest BCUT2D eigenvalue weighted by molar-refractivity contribution is 0.356. The van der Waals surface area contributed by atoms with Gasteiger partial charge in [0.05, 0.1) is 38.7 Å². The first-order chi connectivity index (χ1) is 16.6. The van der Waals surface area contributed by atoms with Gasteiger partial charge in [-0.05, 0) is 47.9 Å². The predicted molar refractivity (Wildman–Crippen MR) is 131 cm³/mol. The standard InChI is InChI=1S/C26H22N4O4/c1-31-16-4-6-17(7-5-16)34-18-8-15(12-28-13-18)22-9-19-20-10-24(32-2)25(33-3)11-23(20)29-14-21(19)26(27)30-22/h4-14H,1-3H3,(H2,27,30). The molecule has 0 aliphatic rings. The molecule has 3 heterocycles. The number of nitrogen functional groups attached to an aromatic ring is 1. The minimum Gasteiger partial charge on any atom is -0.497 e. The molecular formula is C26H22N4O4. The Kier molecular flexibility index (Phi) is 5.47. The van der Waals surface area contributed by atoms with Crippen molar-refractivity contribution < 1.29 is 18.9 Å². The highest BCUT2D eigenvalue weighted by molar-refractivity contribution is 6.10. The number of nitrogens with two attached hydrogens (primary N) is 1.